The van der Waals surface area contributed by atoms with E-state index in [4.69, 9.17) is 21.1 Å². The monoisotopic (exact) mass is 314 g/mol. The molecular weight excluding hydrogens is 300 g/mol. The molecule has 2 aromatic rings. The Hall–Kier alpha value is -1.97. The van der Waals surface area contributed by atoms with Crippen molar-refractivity contribution in [2.75, 3.05) is 13.2 Å². The largest absolute Gasteiger partial charge is 0.346 e. The van der Waals surface area contributed by atoms with Crippen molar-refractivity contribution in [2.45, 2.75) is 13.2 Å². The standard InChI is InChI=1S/C17H15ClN2O2/c1-12-3-2-4-15(17-21-9-10-22-17)16(12)20-11-19-14-7-5-13(18)6-8-14/h2-8,17H,9-10H2,1H3. The van der Waals surface area contributed by atoms with Gasteiger partial charge >= 0.3 is 0 Å². The minimum atomic E-state index is -0.365. The molecule has 0 bridgehead atoms. The van der Waals surface area contributed by atoms with Crippen molar-refractivity contribution >= 4 is 29.0 Å². The summed E-state index contributed by atoms with van der Waals surface area (Å²) in [5, 5.41) is 0.674. The first-order valence-corrected chi connectivity index (χ1v) is 7.36. The van der Waals surface area contributed by atoms with Crippen LogP contribution < -0.4 is 0 Å². The molecule has 0 unspecified atom stereocenters. The molecule has 0 aromatic heterocycles. The summed E-state index contributed by atoms with van der Waals surface area (Å²) in [4.78, 5) is 8.55. The molecule has 2 aromatic carbocycles. The normalized spacial score (nSPS) is 14.6. The van der Waals surface area contributed by atoms with Gasteiger partial charge in [0.25, 0.3) is 0 Å². The van der Waals surface area contributed by atoms with E-state index in [0.29, 0.717) is 18.2 Å². The first-order chi connectivity index (χ1) is 10.7. The highest BCUT2D eigenvalue weighted by Crippen LogP contribution is 2.33. The van der Waals surface area contributed by atoms with Crippen LogP contribution in [0, 0.1) is 6.92 Å². The molecule has 0 aliphatic carbocycles. The molecular formula is C17H15ClN2O2. The van der Waals surface area contributed by atoms with Gasteiger partial charge in [-0.1, -0.05) is 29.8 Å². The Morgan fingerprint density at radius 3 is 2.50 bits per heavy atom. The third-order valence-electron chi connectivity index (χ3n) is 3.31. The number of halogens is 1. The summed E-state index contributed by atoms with van der Waals surface area (Å²) in [7, 11) is 0. The molecule has 112 valence electrons. The maximum atomic E-state index is 5.84. The van der Waals surface area contributed by atoms with Gasteiger partial charge in [-0.05, 0) is 36.8 Å². The van der Waals surface area contributed by atoms with Crippen molar-refractivity contribution in [1.29, 1.82) is 0 Å². The summed E-state index contributed by atoms with van der Waals surface area (Å²) in [5.41, 5.74) is 3.45. The predicted octanol–water partition coefficient (Wildman–Crippen LogP) is 4.83. The summed E-state index contributed by atoms with van der Waals surface area (Å²) < 4.78 is 11.1. The molecule has 1 aliphatic heterocycles. The van der Waals surface area contributed by atoms with E-state index < -0.39 is 0 Å². The fourth-order valence-corrected chi connectivity index (χ4v) is 2.34. The summed E-state index contributed by atoms with van der Waals surface area (Å²) in [5.74, 6) is 0. The minimum Gasteiger partial charge on any atom is -0.346 e. The molecule has 0 amide bonds. The Bertz CT molecular complexity index is 716. The SMILES string of the molecule is Cc1cccc(C2OCCO2)c1N=C=Nc1ccc(Cl)cc1. The molecule has 0 radical (unpaired) electrons. The fraction of sp³-hybridized carbons (Fsp3) is 0.235. The van der Waals surface area contributed by atoms with Crippen LogP contribution in [0.5, 0.6) is 0 Å². The van der Waals surface area contributed by atoms with E-state index >= 15 is 0 Å². The predicted molar refractivity (Wildman–Crippen MR) is 86.5 cm³/mol. The van der Waals surface area contributed by atoms with Gasteiger partial charge in [0, 0.05) is 10.6 Å². The van der Waals surface area contributed by atoms with E-state index in [9.17, 15) is 0 Å². The smallest absolute Gasteiger partial charge is 0.186 e. The number of hydrogen-bond acceptors (Lipinski definition) is 4. The van der Waals surface area contributed by atoms with Crippen molar-refractivity contribution in [3.05, 3.63) is 58.6 Å². The van der Waals surface area contributed by atoms with Crippen molar-refractivity contribution in [3.63, 3.8) is 0 Å². The van der Waals surface area contributed by atoms with Gasteiger partial charge in [-0.25, -0.2) is 0 Å². The van der Waals surface area contributed by atoms with E-state index in [1.807, 2.05) is 37.3 Å². The number of ether oxygens (including phenoxy) is 2. The van der Waals surface area contributed by atoms with Crippen LogP contribution >= 0.6 is 11.6 Å². The number of nitrogens with zero attached hydrogens (tertiary/aromatic N) is 2. The molecule has 3 rings (SSSR count). The second-order valence-corrected chi connectivity index (χ2v) is 5.32. The number of benzene rings is 2. The molecule has 1 aliphatic rings. The van der Waals surface area contributed by atoms with E-state index in [-0.39, 0.29) is 6.29 Å². The molecule has 22 heavy (non-hydrogen) atoms. The highest BCUT2D eigenvalue weighted by atomic mass is 35.5. The topological polar surface area (TPSA) is 43.2 Å². The van der Waals surface area contributed by atoms with Crippen LogP contribution in [0.25, 0.3) is 0 Å². The number of aliphatic imine (C=N–C) groups is 2. The maximum Gasteiger partial charge on any atom is 0.186 e. The second-order valence-electron chi connectivity index (χ2n) is 4.89. The lowest BCUT2D eigenvalue weighted by Crippen LogP contribution is -1.99. The van der Waals surface area contributed by atoms with Crippen LogP contribution in [0.3, 0.4) is 0 Å². The summed E-state index contributed by atoms with van der Waals surface area (Å²) in [6, 6.07) is 15.8. The maximum absolute atomic E-state index is 5.84. The average Bonchev–Trinajstić information content (AvgIpc) is 3.05. The average molecular weight is 315 g/mol. The molecule has 0 spiro atoms. The molecule has 0 atom stereocenters. The lowest BCUT2D eigenvalue weighted by Gasteiger charge is -2.12. The Labute approximate surface area is 134 Å². The summed E-state index contributed by atoms with van der Waals surface area (Å²) >= 11 is 5.84. The Kier molecular flexibility index (Phi) is 4.66. The zero-order chi connectivity index (χ0) is 15.4. The highest BCUT2D eigenvalue weighted by Gasteiger charge is 2.21. The summed E-state index contributed by atoms with van der Waals surface area (Å²) in [6.45, 7) is 3.18. The first kappa shape index (κ1) is 14.9. The van der Waals surface area contributed by atoms with Gasteiger partial charge in [0.1, 0.15) is 6.01 Å². The minimum absolute atomic E-state index is 0.365. The van der Waals surface area contributed by atoms with Crippen LogP contribution in [0.2, 0.25) is 5.02 Å². The van der Waals surface area contributed by atoms with Gasteiger partial charge in [0.05, 0.1) is 24.6 Å². The van der Waals surface area contributed by atoms with Gasteiger partial charge in [0.15, 0.2) is 6.29 Å². The molecule has 0 N–H and O–H groups in total. The molecule has 1 heterocycles. The molecule has 1 fully saturated rings. The number of hydrogen-bond donors (Lipinski definition) is 0. The Morgan fingerprint density at radius 1 is 1.05 bits per heavy atom. The van der Waals surface area contributed by atoms with Crippen molar-refractivity contribution in [2.24, 2.45) is 9.98 Å². The zero-order valence-corrected chi connectivity index (χ0v) is 12.9. The van der Waals surface area contributed by atoms with E-state index in [1.165, 1.54) is 0 Å². The van der Waals surface area contributed by atoms with Crippen molar-refractivity contribution < 1.29 is 9.47 Å². The van der Waals surface area contributed by atoms with Crippen LogP contribution in [0.4, 0.5) is 11.4 Å². The molecule has 0 saturated carbocycles. The number of rotatable bonds is 3. The third kappa shape index (κ3) is 3.43. The molecule has 5 heteroatoms. The van der Waals surface area contributed by atoms with E-state index in [1.54, 1.807) is 12.1 Å². The fourth-order valence-electron chi connectivity index (χ4n) is 2.21. The van der Waals surface area contributed by atoms with Gasteiger partial charge in [-0.15, -0.1) is 0 Å². The van der Waals surface area contributed by atoms with Gasteiger partial charge in [-0.3, -0.25) is 0 Å². The molecule has 1 saturated heterocycles. The van der Waals surface area contributed by atoms with E-state index in [2.05, 4.69) is 16.0 Å². The van der Waals surface area contributed by atoms with Crippen LogP contribution in [0.1, 0.15) is 17.4 Å². The molecule has 4 nitrogen and oxygen atoms in total. The Balaban J connectivity index is 1.90. The third-order valence-corrected chi connectivity index (χ3v) is 3.56. The lowest BCUT2D eigenvalue weighted by atomic mass is 10.1. The van der Waals surface area contributed by atoms with Gasteiger partial charge < -0.3 is 9.47 Å². The van der Waals surface area contributed by atoms with Crippen LogP contribution in [0.15, 0.2) is 52.4 Å². The number of para-hydroxylation sites is 1. The van der Waals surface area contributed by atoms with Crippen LogP contribution in [-0.2, 0) is 9.47 Å². The highest BCUT2D eigenvalue weighted by molar-refractivity contribution is 6.30. The number of aryl methyl sites for hydroxylation is 1. The van der Waals surface area contributed by atoms with E-state index in [0.717, 1.165) is 22.5 Å². The first-order valence-electron chi connectivity index (χ1n) is 6.99. The summed E-state index contributed by atoms with van der Waals surface area (Å²) in [6.07, 6.45) is -0.365. The van der Waals surface area contributed by atoms with Gasteiger partial charge in [0.2, 0.25) is 0 Å². The van der Waals surface area contributed by atoms with Crippen molar-refractivity contribution in [1.82, 2.24) is 0 Å². The quantitative estimate of drug-likeness (QED) is 0.761. The van der Waals surface area contributed by atoms with Crippen LogP contribution in [-0.4, -0.2) is 19.2 Å². The van der Waals surface area contributed by atoms with Gasteiger partial charge in [-0.2, -0.15) is 9.98 Å². The lowest BCUT2D eigenvalue weighted by molar-refractivity contribution is -0.0436. The second kappa shape index (κ2) is 6.86. The zero-order valence-electron chi connectivity index (χ0n) is 12.1. The Morgan fingerprint density at radius 2 is 1.77 bits per heavy atom. The van der Waals surface area contributed by atoms with Crippen molar-refractivity contribution in [3.8, 4) is 0 Å².